The summed E-state index contributed by atoms with van der Waals surface area (Å²) in [6.45, 7) is 9.48. The Morgan fingerprint density at radius 1 is 1.20 bits per heavy atom. The fraction of sp³-hybridized carbons (Fsp3) is 0.484. The van der Waals surface area contributed by atoms with E-state index in [1.165, 1.54) is 16.9 Å². The molecule has 1 aromatic carbocycles. The Morgan fingerprint density at radius 2 is 1.89 bits per heavy atom. The first-order chi connectivity index (χ1) is 21.4. The summed E-state index contributed by atoms with van der Waals surface area (Å²) in [7, 11) is 0. The maximum Gasteiger partial charge on any atom is 0.323 e. The number of nitriles is 1. The zero-order valence-electron chi connectivity index (χ0n) is 26.0. The molecule has 4 rings (SSSR count). The van der Waals surface area contributed by atoms with Crippen molar-refractivity contribution < 1.29 is 33.7 Å². The second-order valence-corrected chi connectivity index (χ2v) is 11.8. The number of carbonyl (C=O) groups is 3. The lowest BCUT2D eigenvalue weighted by atomic mass is 9.87. The minimum Gasteiger partial charge on any atom is -0.463 e. The molecule has 0 unspecified atom stereocenters. The number of amides is 2. The Hall–Kier alpha value is -4.58. The molecule has 0 saturated carbocycles. The van der Waals surface area contributed by atoms with E-state index in [0.717, 1.165) is 5.56 Å². The van der Waals surface area contributed by atoms with Crippen molar-refractivity contribution in [2.75, 3.05) is 25.0 Å². The van der Waals surface area contributed by atoms with Crippen LogP contribution >= 0.6 is 0 Å². The summed E-state index contributed by atoms with van der Waals surface area (Å²) >= 11 is 0. The molecular weight excluding hydrogens is 582 g/mol. The first kappa shape index (κ1) is 33.3. The maximum absolute atomic E-state index is 13.1. The van der Waals surface area contributed by atoms with E-state index in [1.807, 2.05) is 26.0 Å². The van der Waals surface area contributed by atoms with Crippen LogP contribution in [0, 0.1) is 16.7 Å². The monoisotopic (exact) mass is 621 g/mol. The van der Waals surface area contributed by atoms with Gasteiger partial charge >= 0.3 is 18.0 Å². The van der Waals surface area contributed by atoms with E-state index in [2.05, 4.69) is 15.4 Å². The minimum atomic E-state index is -2.13. The summed E-state index contributed by atoms with van der Waals surface area (Å²) in [5.74, 6) is -1.24. The first-order valence-electron chi connectivity index (χ1n) is 14.7. The van der Waals surface area contributed by atoms with Crippen molar-refractivity contribution in [3.8, 4) is 6.07 Å². The van der Waals surface area contributed by atoms with E-state index in [-0.39, 0.29) is 24.0 Å². The third kappa shape index (κ3) is 6.90. The van der Waals surface area contributed by atoms with Crippen molar-refractivity contribution in [2.45, 2.75) is 71.0 Å². The highest BCUT2D eigenvalue weighted by Gasteiger charge is 2.60. The molecule has 3 aromatic rings. The number of nitrogens with two attached hydrogens (primary N) is 1. The fourth-order valence-electron chi connectivity index (χ4n) is 4.99. The predicted molar refractivity (Wildman–Crippen MR) is 162 cm³/mol. The van der Waals surface area contributed by atoms with Crippen LogP contribution in [0.15, 0.2) is 48.8 Å². The van der Waals surface area contributed by atoms with Crippen molar-refractivity contribution in [3.63, 3.8) is 0 Å². The number of anilines is 1. The summed E-state index contributed by atoms with van der Waals surface area (Å²) in [6.07, 6.45) is -3.28. The molecule has 1 fully saturated rings. The van der Waals surface area contributed by atoms with Crippen LogP contribution in [0.25, 0.3) is 5.52 Å². The second-order valence-electron chi connectivity index (χ2n) is 11.8. The van der Waals surface area contributed by atoms with Gasteiger partial charge in [0.15, 0.2) is 11.9 Å². The molecule has 45 heavy (non-hydrogen) atoms. The lowest BCUT2D eigenvalue weighted by Crippen LogP contribution is -2.49. The van der Waals surface area contributed by atoms with Gasteiger partial charge in [0.25, 0.3) is 0 Å². The molecule has 2 amide bonds. The number of aliphatic hydroxyl groups excluding tert-OH is 1. The van der Waals surface area contributed by atoms with Gasteiger partial charge in [-0.1, -0.05) is 51.1 Å². The zero-order valence-corrected chi connectivity index (χ0v) is 26.0. The molecule has 4 N–H and O–H groups in total. The van der Waals surface area contributed by atoms with E-state index in [4.69, 9.17) is 19.9 Å². The van der Waals surface area contributed by atoms with Crippen LogP contribution in [-0.2, 0) is 35.8 Å². The number of hydrogen-bond acceptors (Lipinski definition) is 11. The summed E-state index contributed by atoms with van der Waals surface area (Å²) in [6, 6.07) is 12.6. The van der Waals surface area contributed by atoms with Gasteiger partial charge in [0.2, 0.25) is 5.60 Å². The number of rotatable bonds is 10. The van der Waals surface area contributed by atoms with E-state index in [0.29, 0.717) is 18.6 Å². The molecule has 5 atom stereocenters. The SMILES string of the molecule is CCN(CC)C(=O)Nc1ncnn2c([C@]3(C#N)O[C@H](COC(=O)Cc4ccccc4)[C@@H](OC(=O)[C@@H](N)C(C)(C)C)[C@H]3O)ccc12. The smallest absolute Gasteiger partial charge is 0.323 e. The third-order valence-electron chi connectivity index (χ3n) is 7.75. The Balaban J connectivity index is 1.67. The maximum atomic E-state index is 13.1. The molecule has 0 aliphatic carbocycles. The number of hydrogen-bond donors (Lipinski definition) is 3. The van der Waals surface area contributed by atoms with Gasteiger partial charge in [-0.3, -0.25) is 14.9 Å². The van der Waals surface area contributed by atoms with Crippen molar-refractivity contribution in [3.05, 3.63) is 60.0 Å². The van der Waals surface area contributed by atoms with Crippen LogP contribution in [0.1, 0.15) is 45.9 Å². The molecule has 1 aliphatic heterocycles. The lowest BCUT2D eigenvalue weighted by Gasteiger charge is -2.29. The lowest BCUT2D eigenvalue weighted by molar-refractivity contribution is -0.163. The van der Waals surface area contributed by atoms with Gasteiger partial charge < -0.3 is 30.0 Å². The standard InChI is InChI=1S/C31H39N7O7/c1-6-37(7-2)29(42)36-27-20-13-14-22(38(20)35-18-34-27)31(17-32)26(40)24(44-28(41)25(33)30(3,4)5)21(45-31)16-43-23(39)15-19-11-9-8-10-12-19/h8-14,18,21,24-26,40H,6-7,15-16,33H2,1-5H3,(H,34,35,36,42)/t21-,24-,25-,26-,31+/m1/s1. The zero-order chi connectivity index (χ0) is 32.9. The van der Waals surface area contributed by atoms with E-state index in [9.17, 15) is 24.8 Å². The van der Waals surface area contributed by atoms with Gasteiger partial charge in [-0.2, -0.15) is 10.4 Å². The number of nitrogens with zero attached hydrogens (tertiary/aromatic N) is 5. The Labute approximate surface area is 261 Å². The molecule has 0 radical (unpaired) electrons. The van der Waals surface area contributed by atoms with Gasteiger partial charge in [-0.25, -0.2) is 14.3 Å². The normalized spacial score (nSPS) is 22.0. The number of esters is 2. The molecule has 2 aromatic heterocycles. The van der Waals surface area contributed by atoms with Crippen molar-refractivity contribution >= 4 is 29.3 Å². The van der Waals surface area contributed by atoms with Gasteiger partial charge in [0.1, 0.15) is 42.8 Å². The molecule has 0 spiro atoms. The van der Waals surface area contributed by atoms with Gasteiger partial charge in [-0.15, -0.1) is 0 Å². The summed E-state index contributed by atoms with van der Waals surface area (Å²) in [4.78, 5) is 44.3. The van der Waals surface area contributed by atoms with Crippen molar-refractivity contribution in [1.29, 1.82) is 5.26 Å². The van der Waals surface area contributed by atoms with Crippen LogP contribution < -0.4 is 11.1 Å². The van der Waals surface area contributed by atoms with Crippen molar-refractivity contribution in [1.82, 2.24) is 19.5 Å². The molecule has 14 heteroatoms. The summed E-state index contributed by atoms with van der Waals surface area (Å²) in [5.41, 5.74) is 4.45. The molecule has 1 aliphatic rings. The predicted octanol–water partition coefficient (Wildman–Crippen LogP) is 2.15. The van der Waals surface area contributed by atoms with Gasteiger partial charge in [0.05, 0.1) is 12.1 Å². The summed E-state index contributed by atoms with van der Waals surface area (Å²) in [5, 5.41) is 29.1. The Morgan fingerprint density at radius 3 is 2.51 bits per heavy atom. The largest absolute Gasteiger partial charge is 0.463 e. The fourth-order valence-corrected chi connectivity index (χ4v) is 4.99. The Kier molecular flexibility index (Phi) is 10.1. The van der Waals surface area contributed by atoms with Crippen LogP contribution in [-0.4, -0.2) is 86.6 Å². The Bertz CT molecular complexity index is 1560. The van der Waals surface area contributed by atoms with E-state index in [1.54, 1.807) is 56.0 Å². The van der Waals surface area contributed by atoms with E-state index < -0.39 is 53.9 Å². The number of ether oxygens (including phenoxy) is 3. The number of aliphatic hydroxyl groups is 1. The molecular formula is C31H39N7O7. The number of urea groups is 1. The van der Waals surface area contributed by atoms with Gasteiger partial charge in [0, 0.05) is 13.1 Å². The van der Waals surface area contributed by atoms with Crippen LogP contribution in [0.3, 0.4) is 0 Å². The highest BCUT2D eigenvalue weighted by molar-refractivity contribution is 5.92. The van der Waals surface area contributed by atoms with Gasteiger partial charge in [-0.05, 0) is 37.0 Å². The van der Waals surface area contributed by atoms with E-state index >= 15 is 0 Å². The third-order valence-corrected chi connectivity index (χ3v) is 7.75. The van der Waals surface area contributed by atoms with Crippen LogP contribution in [0.2, 0.25) is 0 Å². The molecule has 3 heterocycles. The highest BCUT2D eigenvalue weighted by atomic mass is 16.6. The highest BCUT2D eigenvalue weighted by Crippen LogP contribution is 2.42. The number of carbonyl (C=O) groups excluding carboxylic acids is 3. The number of aromatic nitrogens is 3. The molecule has 14 nitrogen and oxygen atoms in total. The number of fused-ring (bicyclic) bond motifs is 1. The van der Waals surface area contributed by atoms with Crippen LogP contribution in [0.4, 0.5) is 10.6 Å². The second kappa shape index (κ2) is 13.6. The average molecular weight is 622 g/mol. The van der Waals surface area contributed by atoms with Crippen molar-refractivity contribution in [2.24, 2.45) is 11.1 Å². The summed E-state index contributed by atoms with van der Waals surface area (Å²) < 4.78 is 18.6. The molecule has 240 valence electrons. The molecule has 1 saturated heterocycles. The minimum absolute atomic E-state index is 0.0267. The number of benzene rings is 1. The molecule has 0 bridgehead atoms. The topological polar surface area (TPSA) is 194 Å². The number of nitrogens with one attached hydrogen (secondary N) is 1. The first-order valence-corrected chi connectivity index (χ1v) is 14.7. The van der Waals surface area contributed by atoms with Crippen LogP contribution in [0.5, 0.6) is 0 Å². The quantitative estimate of drug-likeness (QED) is 0.281. The average Bonchev–Trinajstić information content (AvgIpc) is 3.56.